The minimum Gasteiger partial charge on any atom is -0.343 e. The Balaban J connectivity index is 1.85. The Morgan fingerprint density at radius 2 is 2.15 bits per heavy atom. The fraction of sp³-hybridized carbons (Fsp3) is 0.600. The lowest BCUT2D eigenvalue weighted by Gasteiger charge is -2.31. The van der Waals surface area contributed by atoms with Gasteiger partial charge in [-0.25, -0.2) is 0 Å². The predicted octanol–water partition coefficient (Wildman–Crippen LogP) is 3.29. The topological polar surface area (TPSA) is 41.4 Å². The molecule has 3 rings (SSSR count). The van der Waals surface area contributed by atoms with Crippen molar-refractivity contribution in [2.75, 3.05) is 21.1 Å². The third kappa shape index (κ3) is 4.01. The standard InChI is InChI=1S/C20H30N4OS/c1-14(2)11-24-18-7-6-16(23(5)12-15-8-9-26-13-15)10-17(18)19(21-24)20(25)22(3)4/h8-9,13-14,16H,6-7,10-12H2,1-5H3. The molecule has 1 unspecified atom stereocenters. The molecule has 1 aliphatic rings. The van der Waals surface area contributed by atoms with Crippen molar-refractivity contribution in [3.63, 3.8) is 0 Å². The molecule has 1 amide bonds. The van der Waals surface area contributed by atoms with E-state index in [0.717, 1.165) is 37.9 Å². The van der Waals surface area contributed by atoms with Gasteiger partial charge >= 0.3 is 0 Å². The minimum absolute atomic E-state index is 0.0184. The first-order valence-electron chi connectivity index (χ1n) is 9.38. The number of thiophene rings is 1. The summed E-state index contributed by atoms with van der Waals surface area (Å²) < 4.78 is 2.09. The average Bonchev–Trinajstić information content (AvgIpc) is 3.21. The number of aromatic nitrogens is 2. The van der Waals surface area contributed by atoms with Crippen LogP contribution in [0.1, 0.15) is 47.6 Å². The van der Waals surface area contributed by atoms with Crippen LogP contribution in [0.5, 0.6) is 0 Å². The zero-order chi connectivity index (χ0) is 18.8. The summed E-state index contributed by atoms with van der Waals surface area (Å²) in [6.45, 7) is 6.22. The summed E-state index contributed by atoms with van der Waals surface area (Å²) in [4.78, 5) is 16.8. The third-order valence-corrected chi connectivity index (χ3v) is 5.83. The van der Waals surface area contributed by atoms with Crippen LogP contribution in [0.25, 0.3) is 0 Å². The van der Waals surface area contributed by atoms with E-state index in [9.17, 15) is 4.79 Å². The molecule has 0 fully saturated rings. The van der Waals surface area contributed by atoms with Gasteiger partial charge in [0.15, 0.2) is 5.69 Å². The van der Waals surface area contributed by atoms with Gasteiger partial charge in [-0.05, 0) is 54.6 Å². The van der Waals surface area contributed by atoms with E-state index in [1.807, 2.05) is 0 Å². The molecule has 2 aromatic heterocycles. The summed E-state index contributed by atoms with van der Waals surface area (Å²) in [6.07, 6.45) is 3.02. The molecule has 0 spiro atoms. The van der Waals surface area contributed by atoms with Crippen molar-refractivity contribution >= 4 is 17.2 Å². The molecule has 0 saturated heterocycles. The lowest BCUT2D eigenvalue weighted by Crippen LogP contribution is -2.37. The van der Waals surface area contributed by atoms with Crippen molar-refractivity contribution < 1.29 is 4.79 Å². The molecule has 0 radical (unpaired) electrons. The summed E-state index contributed by atoms with van der Waals surface area (Å²) in [5, 5.41) is 9.08. The normalized spacial score (nSPS) is 17.0. The van der Waals surface area contributed by atoms with Gasteiger partial charge in [0.25, 0.3) is 5.91 Å². The molecule has 0 saturated carbocycles. The van der Waals surface area contributed by atoms with E-state index in [1.54, 1.807) is 30.3 Å². The highest BCUT2D eigenvalue weighted by Crippen LogP contribution is 2.29. The van der Waals surface area contributed by atoms with E-state index in [0.29, 0.717) is 17.7 Å². The lowest BCUT2D eigenvalue weighted by atomic mass is 9.90. The maximum Gasteiger partial charge on any atom is 0.274 e. The van der Waals surface area contributed by atoms with Crippen molar-refractivity contribution in [3.8, 4) is 0 Å². The van der Waals surface area contributed by atoms with Crippen LogP contribution in [0.3, 0.4) is 0 Å². The number of nitrogens with zero attached hydrogens (tertiary/aromatic N) is 4. The molecular formula is C20H30N4OS. The molecular weight excluding hydrogens is 344 g/mol. The van der Waals surface area contributed by atoms with E-state index in [4.69, 9.17) is 5.10 Å². The Labute approximate surface area is 160 Å². The van der Waals surface area contributed by atoms with Gasteiger partial charge in [0.1, 0.15) is 0 Å². The SMILES string of the molecule is CC(C)Cn1nc(C(=O)N(C)C)c2c1CCC(N(C)Cc1ccsc1)C2. The highest BCUT2D eigenvalue weighted by molar-refractivity contribution is 7.07. The van der Waals surface area contributed by atoms with Crippen LogP contribution in [-0.2, 0) is 25.9 Å². The van der Waals surface area contributed by atoms with Gasteiger partial charge in [0.2, 0.25) is 0 Å². The molecule has 1 aliphatic carbocycles. The lowest BCUT2D eigenvalue weighted by molar-refractivity contribution is 0.0819. The van der Waals surface area contributed by atoms with E-state index in [-0.39, 0.29) is 5.91 Å². The number of hydrogen-bond acceptors (Lipinski definition) is 4. The molecule has 0 bridgehead atoms. The van der Waals surface area contributed by atoms with Crippen molar-refractivity contribution in [2.45, 2.75) is 52.2 Å². The van der Waals surface area contributed by atoms with Crippen molar-refractivity contribution in [3.05, 3.63) is 39.3 Å². The zero-order valence-electron chi connectivity index (χ0n) is 16.5. The molecule has 0 aliphatic heterocycles. The van der Waals surface area contributed by atoms with Crippen LogP contribution in [0.15, 0.2) is 16.8 Å². The summed E-state index contributed by atoms with van der Waals surface area (Å²) in [6, 6.07) is 2.64. The Hall–Kier alpha value is -1.66. The molecule has 6 heteroatoms. The minimum atomic E-state index is 0.0184. The number of fused-ring (bicyclic) bond motifs is 1. The predicted molar refractivity (Wildman–Crippen MR) is 107 cm³/mol. The number of rotatable bonds is 6. The second kappa shape index (κ2) is 7.92. The first kappa shape index (κ1) is 19.1. The monoisotopic (exact) mass is 374 g/mol. The molecule has 142 valence electrons. The highest BCUT2D eigenvalue weighted by Gasteiger charge is 2.31. The summed E-state index contributed by atoms with van der Waals surface area (Å²) in [7, 11) is 5.80. The van der Waals surface area contributed by atoms with Crippen LogP contribution >= 0.6 is 11.3 Å². The summed E-state index contributed by atoms with van der Waals surface area (Å²) >= 11 is 1.75. The van der Waals surface area contributed by atoms with Gasteiger partial charge in [-0.3, -0.25) is 14.4 Å². The van der Waals surface area contributed by atoms with Crippen molar-refractivity contribution in [1.29, 1.82) is 0 Å². The Kier molecular flexibility index (Phi) is 5.82. The van der Waals surface area contributed by atoms with Gasteiger partial charge in [-0.2, -0.15) is 16.4 Å². The molecule has 0 aromatic carbocycles. The van der Waals surface area contributed by atoms with Gasteiger partial charge in [0, 0.05) is 44.5 Å². The van der Waals surface area contributed by atoms with Crippen LogP contribution in [0, 0.1) is 5.92 Å². The van der Waals surface area contributed by atoms with E-state index < -0.39 is 0 Å². The van der Waals surface area contributed by atoms with E-state index >= 15 is 0 Å². The maximum atomic E-state index is 12.7. The first-order chi connectivity index (χ1) is 12.4. The van der Waals surface area contributed by atoms with Gasteiger partial charge in [0.05, 0.1) is 0 Å². The largest absolute Gasteiger partial charge is 0.343 e. The van der Waals surface area contributed by atoms with Crippen LogP contribution in [0.2, 0.25) is 0 Å². The Morgan fingerprint density at radius 3 is 2.77 bits per heavy atom. The van der Waals surface area contributed by atoms with E-state index in [2.05, 4.69) is 47.3 Å². The van der Waals surface area contributed by atoms with Crippen molar-refractivity contribution in [2.24, 2.45) is 5.92 Å². The molecule has 26 heavy (non-hydrogen) atoms. The quantitative estimate of drug-likeness (QED) is 0.779. The van der Waals surface area contributed by atoms with Crippen LogP contribution in [0.4, 0.5) is 0 Å². The second-order valence-electron chi connectivity index (χ2n) is 7.99. The Bertz CT molecular complexity index is 748. The second-order valence-corrected chi connectivity index (χ2v) is 8.77. The molecule has 0 N–H and O–H groups in total. The number of carbonyl (C=O) groups is 1. The molecule has 5 nitrogen and oxygen atoms in total. The molecule has 2 heterocycles. The first-order valence-corrected chi connectivity index (χ1v) is 10.3. The number of amides is 1. The molecule has 2 aromatic rings. The fourth-order valence-corrected chi connectivity index (χ4v) is 4.39. The summed E-state index contributed by atoms with van der Waals surface area (Å²) in [5.41, 5.74) is 4.45. The smallest absolute Gasteiger partial charge is 0.274 e. The zero-order valence-corrected chi connectivity index (χ0v) is 17.3. The third-order valence-electron chi connectivity index (χ3n) is 5.10. The number of likely N-dealkylation sites (N-methyl/N-ethyl adjacent to an activating group) is 1. The van der Waals surface area contributed by atoms with Crippen LogP contribution in [-0.4, -0.2) is 52.7 Å². The fourth-order valence-electron chi connectivity index (χ4n) is 3.73. The average molecular weight is 375 g/mol. The number of hydrogen-bond donors (Lipinski definition) is 0. The van der Waals surface area contributed by atoms with Gasteiger partial charge in [-0.15, -0.1) is 0 Å². The molecule has 1 atom stereocenters. The van der Waals surface area contributed by atoms with Gasteiger partial charge < -0.3 is 4.90 Å². The van der Waals surface area contributed by atoms with Crippen molar-refractivity contribution in [1.82, 2.24) is 19.6 Å². The van der Waals surface area contributed by atoms with Gasteiger partial charge in [-0.1, -0.05) is 13.8 Å². The maximum absolute atomic E-state index is 12.7. The van der Waals surface area contributed by atoms with Crippen LogP contribution < -0.4 is 0 Å². The Morgan fingerprint density at radius 1 is 1.38 bits per heavy atom. The van der Waals surface area contributed by atoms with E-state index in [1.165, 1.54) is 11.3 Å². The highest BCUT2D eigenvalue weighted by atomic mass is 32.1. The summed E-state index contributed by atoms with van der Waals surface area (Å²) in [5.74, 6) is 0.533. The number of carbonyl (C=O) groups excluding carboxylic acids is 1.